The Kier molecular flexibility index (Phi) is 4.76. The van der Waals surface area contributed by atoms with Gasteiger partial charge in [-0.3, -0.25) is 0 Å². The minimum absolute atomic E-state index is 0.184. The van der Waals surface area contributed by atoms with Crippen LogP contribution in [0, 0.1) is 0 Å². The van der Waals surface area contributed by atoms with Gasteiger partial charge in [0.05, 0.1) is 33.4 Å². The summed E-state index contributed by atoms with van der Waals surface area (Å²) in [5.74, 6) is -0.550. The van der Waals surface area contributed by atoms with Crippen molar-refractivity contribution < 1.29 is 9.53 Å². The molecular weight excluding hydrogens is 344 g/mol. The average Bonchev–Trinajstić information content (AvgIpc) is 2.44. The van der Waals surface area contributed by atoms with E-state index in [1.165, 1.54) is 19.2 Å². The van der Waals surface area contributed by atoms with Gasteiger partial charge in [-0.05, 0) is 24.3 Å². The van der Waals surface area contributed by atoms with E-state index in [4.69, 9.17) is 51.1 Å². The zero-order valence-corrected chi connectivity index (χ0v) is 13.1. The maximum absolute atomic E-state index is 11.8. The van der Waals surface area contributed by atoms with Gasteiger partial charge in [0.25, 0.3) is 0 Å². The number of carbonyl (C=O) groups excluding carboxylic acids is 1. The molecule has 3 nitrogen and oxygen atoms in total. The molecule has 7 heteroatoms. The molecule has 2 aromatic rings. The molecule has 0 saturated heterocycles. The van der Waals surface area contributed by atoms with Crippen molar-refractivity contribution in [3.63, 3.8) is 0 Å². The highest BCUT2D eigenvalue weighted by molar-refractivity contribution is 6.49. The number of rotatable bonds is 2. The number of esters is 1. The lowest BCUT2D eigenvalue weighted by Crippen LogP contribution is -2.05. The van der Waals surface area contributed by atoms with Crippen LogP contribution in [-0.2, 0) is 4.74 Å². The zero-order chi connectivity index (χ0) is 14.9. The van der Waals surface area contributed by atoms with Gasteiger partial charge in [-0.25, -0.2) is 9.78 Å². The van der Waals surface area contributed by atoms with Crippen molar-refractivity contribution >= 4 is 52.4 Å². The molecule has 1 aromatic heterocycles. The monoisotopic (exact) mass is 349 g/mol. The van der Waals surface area contributed by atoms with Crippen LogP contribution in [0.3, 0.4) is 0 Å². The first-order valence-corrected chi connectivity index (χ1v) is 6.85. The maximum atomic E-state index is 11.8. The summed E-state index contributed by atoms with van der Waals surface area (Å²) in [6.45, 7) is 0. The molecule has 0 atom stereocenters. The normalized spacial score (nSPS) is 10.4. The Balaban J connectivity index is 2.72. The Morgan fingerprint density at radius 1 is 1.05 bits per heavy atom. The van der Waals surface area contributed by atoms with Gasteiger partial charge in [-0.2, -0.15) is 0 Å². The second kappa shape index (κ2) is 6.19. The Morgan fingerprint density at radius 3 is 2.40 bits per heavy atom. The quantitative estimate of drug-likeness (QED) is 0.427. The van der Waals surface area contributed by atoms with E-state index in [0.29, 0.717) is 10.6 Å². The second-order valence-corrected chi connectivity index (χ2v) is 5.30. The van der Waals surface area contributed by atoms with Gasteiger partial charge in [-0.15, -0.1) is 0 Å². The van der Waals surface area contributed by atoms with Crippen molar-refractivity contribution in [3.8, 4) is 11.3 Å². The molecule has 0 aliphatic carbocycles. The molecule has 0 bridgehead atoms. The van der Waals surface area contributed by atoms with Crippen molar-refractivity contribution in [2.45, 2.75) is 0 Å². The molecule has 0 N–H and O–H groups in total. The van der Waals surface area contributed by atoms with Crippen LogP contribution in [0.2, 0.25) is 20.2 Å². The van der Waals surface area contributed by atoms with E-state index in [9.17, 15) is 4.79 Å². The number of pyridine rings is 1. The smallest absolute Gasteiger partial charge is 0.340 e. The van der Waals surface area contributed by atoms with Crippen LogP contribution in [-0.4, -0.2) is 18.1 Å². The number of aromatic nitrogens is 1. The lowest BCUT2D eigenvalue weighted by Gasteiger charge is -2.10. The Morgan fingerprint density at radius 2 is 1.75 bits per heavy atom. The largest absolute Gasteiger partial charge is 0.465 e. The van der Waals surface area contributed by atoms with Gasteiger partial charge in [0.15, 0.2) is 0 Å². The average molecular weight is 351 g/mol. The molecule has 1 heterocycles. The molecule has 2 rings (SSSR count). The Hall–Kier alpha value is -1.000. The van der Waals surface area contributed by atoms with E-state index >= 15 is 0 Å². The summed E-state index contributed by atoms with van der Waals surface area (Å²) < 4.78 is 4.71. The van der Waals surface area contributed by atoms with Crippen molar-refractivity contribution in [1.82, 2.24) is 4.98 Å². The fourth-order valence-corrected chi connectivity index (χ4v) is 2.40. The number of nitrogens with zero attached hydrogens (tertiary/aromatic N) is 1. The van der Waals surface area contributed by atoms with Gasteiger partial charge < -0.3 is 4.74 Å². The Labute approximate surface area is 135 Å². The molecule has 0 amide bonds. The highest BCUT2D eigenvalue weighted by atomic mass is 35.5. The molecule has 0 saturated carbocycles. The number of hydrogen-bond donors (Lipinski definition) is 0. The summed E-state index contributed by atoms with van der Waals surface area (Å²) in [6, 6.07) is 6.18. The standard InChI is InChI=1S/C13H7Cl4NO2/c1-20-13(19)7-3-5-9(15)18-12(7)6-2-4-8(14)11(17)10(6)16/h2-5H,1H3. The fourth-order valence-electron chi connectivity index (χ4n) is 1.62. The molecular formula is C13H7Cl4NO2. The van der Waals surface area contributed by atoms with Gasteiger partial charge in [-0.1, -0.05) is 46.4 Å². The summed E-state index contributed by atoms with van der Waals surface area (Å²) >= 11 is 23.9. The fraction of sp³-hybridized carbons (Fsp3) is 0.0769. The number of methoxy groups -OCH3 is 1. The third-order valence-electron chi connectivity index (χ3n) is 2.56. The third-order valence-corrected chi connectivity index (χ3v) is 4.06. The number of ether oxygens (including phenoxy) is 1. The van der Waals surface area contributed by atoms with E-state index < -0.39 is 5.97 Å². The van der Waals surface area contributed by atoms with Crippen LogP contribution in [0.1, 0.15) is 10.4 Å². The minimum atomic E-state index is -0.550. The number of carbonyl (C=O) groups is 1. The van der Waals surface area contributed by atoms with Crippen molar-refractivity contribution in [2.75, 3.05) is 7.11 Å². The second-order valence-electron chi connectivity index (χ2n) is 3.74. The number of hydrogen-bond acceptors (Lipinski definition) is 3. The van der Waals surface area contributed by atoms with Crippen LogP contribution >= 0.6 is 46.4 Å². The maximum Gasteiger partial charge on any atom is 0.340 e. The van der Waals surface area contributed by atoms with Crippen LogP contribution in [0.15, 0.2) is 24.3 Å². The summed E-state index contributed by atoms with van der Waals surface area (Å²) in [7, 11) is 1.27. The molecule has 0 aliphatic rings. The first-order valence-electron chi connectivity index (χ1n) is 5.34. The van der Waals surface area contributed by atoms with Gasteiger partial charge in [0.2, 0.25) is 0 Å². The third kappa shape index (κ3) is 2.86. The lowest BCUT2D eigenvalue weighted by molar-refractivity contribution is 0.0601. The van der Waals surface area contributed by atoms with Gasteiger partial charge >= 0.3 is 5.97 Å². The van der Waals surface area contributed by atoms with E-state index in [2.05, 4.69) is 4.98 Å². The minimum Gasteiger partial charge on any atom is -0.465 e. The number of halogens is 4. The highest BCUT2D eigenvalue weighted by Crippen LogP contribution is 2.38. The van der Waals surface area contributed by atoms with Crippen LogP contribution in [0.4, 0.5) is 0 Å². The molecule has 0 fully saturated rings. The van der Waals surface area contributed by atoms with Crippen LogP contribution < -0.4 is 0 Å². The van der Waals surface area contributed by atoms with Crippen molar-refractivity contribution in [2.24, 2.45) is 0 Å². The molecule has 0 aliphatic heterocycles. The summed E-state index contributed by atoms with van der Waals surface area (Å²) in [5.41, 5.74) is 0.967. The number of benzene rings is 1. The predicted octanol–water partition coefficient (Wildman–Crippen LogP) is 5.15. The summed E-state index contributed by atoms with van der Waals surface area (Å²) in [5, 5.41) is 0.902. The molecule has 0 spiro atoms. The summed E-state index contributed by atoms with van der Waals surface area (Å²) in [6.07, 6.45) is 0. The van der Waals surface area contributed by atoms with Crippen LogP contribution in [0.5, 0.6) is 0 Å². The SMILES string of the molecule is COC(=O)c1ccc(Cl)nc1-c1ccc(Cl)c(Cl)c1Cl. The first-order chi connectivity index (χ1) is 9.45. The first kappa shape index (κ1) is 15.4. The lowest BCUT2D eigenvalue weighted by atomic mass is 10.1. The highest BCUT2D eigenvalue weighted by Gasteiger charge is 2.19. The van der Waals surface area contributed by atoms with E-state index in [1.807, 2.05) is 0 Å². The molecule has 1 aromatic carbocycles. The van der Waals surface area contributed by atoms with E-state index in [1.54, 1.807) is 12.1 Å². The molecule has 20 heavy (non-hydrogen) atoms. The van der Waals surface area contributed by atoms with E-state index in [0.717, 1.165) is 0 Å². The van der Waals surface area contributed by atoms with E-state index in [-0.39, 0.29) is 26.5 Å². The van der Waals surface area contributed by atoms with Gasteiger partial charge in [0.1, 0.15) is 5.15 Å². The van der Waals surface area contributed by atoms with Crippen molar-refractivity contribution in [1.29, 1.82) is 0 Å². The van der Waals surface area contributed by atoms with Crippen LogP contribution in [0.25, 0.3) is 11.3 Å². The topological polar surface area (TPSA) is 39.2 Å². The Bertz CT molecular complexity index is 688. The molecule has 104 valence electrons. The predicted molar refractivity (Wildman–Crippen MR) is 81.1 cm³/mol. The summed E-state index contributed by atoms with van der Waals surface area (Å²) in [4.78, 5) is 15.9. The molecule has 0 radical (unpaired) electrons. The molecule has 0 unspecified atom stereocenters. The van der Waals surface area contributed by atoms with Gasteiger partial charge in [0, 0.05) is 5.56 Å². The van der Waals surface area contributed by atoms with Crippen molar-refractivity contribution in [3.05, 3.63) is 50.0 Å². The zero-order valence-electron chi connectivity index (χ0n) is 10.1.